The number of nitrogens with zero attached hydrogens (tertiary/aromatic N) is 2. The predicted molar refractivity (Wildman–Crippen MR) is 75.6 cm³/mol. The fourth-order valence-electron chi connectivity index (χ4n) is 2.51. The summed E-state index contributed by atoms with van der Waals surface area (Å²) in [6, 6.07) is 8.35. The van der Waals surface area contributed by atoms with E-state index >= 15 is 0 Å². The van der Waals surface area contributed by atoms with E-state index in [1.807, 2.05) is 6.07 Å². The Morgan fingerprint density at radius 2 is 2.00 bits per heavy atom. The van der Waals surface area contributed by atoms with E-state index in [4.69, 9.17) is 16.3 Å². The molecule has 2 aromatic rings. The highest BCUT2D eigenvalue weighted by Gasteiger charge is 2.24. The minimum Gasteiger partial charge on any atom is -0.491 e. The Morgan fingerprint density at radius 3 is 2.68 bits per heavy atom. The third-order valence-electron chi connectivity index (χ3n) is 3.73. The molecule has 0 spiro atoms. The van der Waals surface area contributed by atoms with Crippen LogP contribution in [0.5, 0.6) is 5.75 Å². The smallest absolute Gasteiger partial charge is 0.182 e. The minimum absolute atomic E-state index is 0.357. The van der Waals surface area contributed by atoms with Gasteiger partial charge in [-0.05, 0) is 24.3 Å². The number of rotatable bonds is 3. The van der Waals surface area contributed by atoms with Crippen molar-refractivity contribution in [2.24, 2.45) is 0 Å². The van der Waals surface area contributed by atoms with Crippen molar-refractivity contribution < 1.29 is 4.74 Å². The van der Waals surface area contributed by atoms with Crippen molar-refractivity contribution in [2.75, 3.05) is 7.11 Å². The van der Waals surface area contributed by atoms with Crippen LogP contribution in [0.25, 0.3) is 11.3 Å². The zero-order valence-corrected chi connectivity index (χ0v) is 11.5. The molecule has 0 aliphatic heterocycles. The fourth-order valence-corrected chi connectivity index (χ4v) is 2.72. The number of halogens is 1. The van der Waals surface area contributed by atoms with Gasteiger partial charge in [-0.1, -0.05) is 42.3 Å². The Morgan fingerprint density at radius 1 is 1.21 bits per heavy atom. The number of ether oxygens (including phenoxy) is 1. The minimum atomic E-state index is 0.357. The lowest BCUT2D eigenvalue weighted by atomic mass is 9.78. The van der Waals surface area contributed by atoms with E-state index in [0.717, 1.165) is 11.3 Å². The van der Waals surface area contributed by atoms with Crippen LogP contribution in [0.2, 0.25) is 5.15 Å². The van der Waals surface area contributed by atoms with Gasteiger partial charge in [-0.15, -0.1) is 0 Å². The first-order valence-electron chi connectivity index (χ1n) is 6.45. The van der Waals surface area contributed by atoms with E-state index in [2.05, 4.69) is 28.2 Å². The molecule has 3 rings (SSSR count). The van der Waals surface area contributed by atoms with Gasteiger partial charge in [0.2, 0.25) is 0 Å². The molecule has 0 radical (unpaired) electrons. The van der Waals surface area contributed by atoms with Crippen LogP contribution in [0.15, 0.2) is 30.6 Å². The molecule has 0 unspecified atom stereocenters. The molecule has 3 nitrogen and oxygen atoms in total. The summed E-state index contributed by atoms with van der Waals surface area (Å²) >= 11 is 6.08. The van der Waals surface area contributed by atoms with E-state index in [-0.39, 0.29) is 0 Å². The van der Waals surface area contributed by atoms with Gasteiger partial charge in [-0.3, -0.25) is 0 Å². The van der Waals surface area contributed by atoms with Crippen molar-refractivity contribution in [1.82, 2.24) is 9.97 Å². The zero-order chi connectivity index (χ0) is 13.2. The average molecular weight is 275 g/mol. The van der Waals surface area contributed by atoms with Gasteiger partial charge >= 0.3 is 0 Å². The van der Waals surface area contributed by atoms with Crippen molar-refractivity contribution >= 4 is 11.6 Å². The Balaban J connectivity index is 2.14. The van der Waals surface area contributed by atoms with Crippen molar-refractivity contribution in [1.29, 1.82) is 0 Å². The van der Waals surface area contributed by atoms with Crippen molar-refractivity contribution in [3.63, 3.8) is 0 Å². The second-order valence-electron chi connectivity index (χ2n) is 4.76. The van der Waals surface area contributed by atoms with E-state index in [1.54, 1.807) is 7.11 Å². The molecule has 0 bridgehead atoms. The van der Waals surface area contributed by atoms with Crippen LogP contribution >= 0.6 is 11.6 Å². The summed E-state index contributed by atoms with van der Waals surface area (Å²) in [5.74, 6) is 1.19. The summed E-state index contributed by atoms with van der Waals surface area (Å²) in [7, 11) is 1.60. The largest absolute Gasteiger partial charge is 0.491 e. The van der Waals surface area contributed by atoms with Gasteiger partial charge in [0.05, 0.1) is 7.11 Å². The number of hydrogen-bond acceptors (Lipinski definition) is 3. The molecule has 1 aliphatic carbocycles. The summed E-state index contributed by atoms with van der Waals surface area (Å²) in [4.78, 5) is 8.34. The third kappa shape index (κ3) is 2.19. The van der Waals surface area contributed by atoms with Crippen LogP contribution in [-0.4, -0.2) is 17.1 Å². The standard InChI is InChI=1S/C15H15ClN2O/c1-19-14-13(17-9-18-15(14)16)12-8-3-2-7-11(12)10-5-4-6-10/h2-3,7-10H,4-6H2,1H3. The Bertz CT molecular complexity index is 596. The van der Waals surface area contributed by atoms with E-state index in [9.17, 15) is 0 Å². The van der Waals surface area contributed by atoms with Gasteiger partial charge in [-0.2, -0.15) is 0 Å². The summed E-state index contributed by atoms with van der Waals surface area (Å²) in [6.07, 6.45) is 5.29. The number of methoxy groups -OCH3 is 1. The maximum absolute atomic E-state index is 6.08. The van der Waals surface area contributed by atoms with Gasteiger partial charge in [0.15, 0.2) is 10.9 Å². The number of aromatic nitrogens is 2. The molecule has 1 heterocycles. The van der Waals surface area contributed by atoms with Crippen LogP contribution < -0.4 is 4.74 Å². The lowest BCUT2D eigenvalue weighted by Crippen LogP contribution is -2.10. The molecule has 19 heavy (non-hydrogen) atoms. The lowest BCUT2D eigenvalue weighted by Gasteiger charge is -2.28. The van der Waals surface area contributed by atoms with E-state index < -0.39 is 0 Å². The van der Waals surface area contributed by atoms with Crippen molar-refractivity contribution in [3.05, 3.63) is 41.3 Å². The molecule has 1 fully saturated rings. The molecule has 1 aromatic carbocycles. The molecule has 4 heteroatoms. The summed E-state index contributed by atoms with van der Waals surface area (Å²) < 4.78 is 5.36. The Hall–Kier alpha value is -1.61. The highest BCUT2D eigenvalue weighted by Crippen LogP contribution is 2.43. The highest BCUT2D eigenvalue weighted by molar-refractivity contribution is 6.31. The first kappa shape index (κ1) is 12.4. The van der Waals surface area contributed by atoms with E-state index in [1.165, 1.54) is 31.2 Å². The molecule has 0 amide bonds. The topological polar surface area (TPSA) is 35.0 Å². The molecular formula is C15H15ClN2O. The molecule has 98 valence electrons. The van der Waals surface area contributed by atoms with Gasteiger partial charge in [-0.25, -0.2) is 9.97 Å². The second-order valence-corrected chi connectivity index (χ2v) is 5.12. The third-order valence-corrected chi connectivity index (χ3v) is 3.99. The molecular weight excluding hydrogens is 260 g/mol. The zero-order valence-electron chi connectivity index (χ0n) is 10.8. The number of hydrogen-bond donors (Lipinski definition) is 0. The maximum atomic E-state index is 6.08. The maximum Gasteiger partial charge on any atom is 0.182 e. The fraction of sp³-hybridized carbons (Fsp3) is 0.333. The predicted octanol–water partition coefficient (Wildman–Crippen LogP) is 4.07. The molecule has 0 saturated heterocycles. The van der Waals surface area contributed by atoms with Crippen molar-refractivity contribution in [2.45, 2.75) is 25.2 Å². The normalized spacial score (nSPS) is 15.1. The molecule has 0 N–H and O–H groups in total. The van der Waals surface area contributed by atoms with Crippen LogP contribution in [0, 0.1) is 0 Å². The van der Waals surface area contributed by atoms with Crippen LogP contribution in [0.1, 0.15) is 30.7 Å². The SMILES string of the molecule is COc1c(Cl)ncnc1-c1ccccc1C1CCC1. The van der Waals surface area contributed by atoms with Crippen LogP contribution in [0.4, 0.5) is 0 Å². The van der Waals surface area contributed by atoms with Crippen LogP contribution in [-0.2, 0) is 0 Å². The molecule has 1 aliphatic rings. The summed E-state index contributed by atoms with van der Waals surface area (Å²) in [5.41, 5.74) is 3.22. The monoisotopic (exact) mass is 274 g/mol. The van der Waals surface area contributed by atoms with Crippen molar-refractivity contribution in [3.8, 4) is 17.0 Å². The summed E-state index contributed by atoms with van der Waals surface area (Å²) in [5, 5.41) is 0.357. The highest BCUT2D eigenvalue weighted by atomic mass is 35.5. The Kier molecular flexibility index (Phi) is 3.38. The van der Waals surface area contributed by atoms with Gasteiger partial charge in [0, 0.05) is 5.56 Å². The van der Waals surface area contributed by atoms with Gasteiger partial charge in [0.25, 0.3) is 0 Å². The molecule has 1 aromatic heterocycles. The quantitative estimate of drug-likeness (QED) is 0.791. The lowest BCUT2D eigenvalue weighted by molar-refractivity contribution is 0.410. The average Bonchev–Trinajstić information content (AvgIpc) is 2.37. The van der Waals surface area contributed by atoms with Crippen LogP contribution in [0.3, 0.4) is 0 Å². The molecule has 0 atom stereocenters. The first-order valence-corrected chi connectivity index (χ1v) is 6.83. The molecule has 1 saturated carbocycles. The Labute approximate surface area is 117 Å². The number of benzene rings is 1. The van der Waals surface area contributed by atoms with Gasteiger partial charge in [0.1, 0.15) is 12.0 Å². The van der Waals surface area contributed by atoms with E-state index in [0.29, 0.717) is 16.8 Å². The second kappa shape index (κ2) is 5.17. The first-order chi connectivity index (χ1) is 9.31. The summed E-state index contributed by atoms with van der Waals surface area (Å²) in [6.45, 7) is 0. The van der Waals surface area contributed by atoms with Gasteiger partial charge < -0.3 is 4.74 Å².